The number of hydrogen-bond acceptors (Lipinski definition) is 3. The molecule has 0 aliphatic rings. The van der Waals surface area contributed by atoms with Crippen LogP contribution in [0.1, 0.15) is 12.5 Å². The molecule has 0 saturated heterocycles. The van der Waals surface area contributed by atoms with Crippen molar-refractivity contribution >= 4 is 11.6 Å². The molecule has 0 bridgehead atoms. The van der Waals surface area contributed by atoms with E-state index in [-0.39, 0.29) is 6.04 Å². The molecular weight excluding hydrogens is 238 g/mol. The van der Waals surface area contributed by atoms with Crippen molar-refractivity contribution in [3.63, 3.8) is 0 Å². The van der Waals surface area contributed by atoms with Crippen LogP contribution in [0.15, 0.2) is 18.2 Å². The highest BCUT2D eigenvalue weighted by Gasteiger charge is 2.12. The SMILES string of the molecule is CCNC(COC)Cc1cc(Cl)ccc1OC. The molecule has 0 aromatic heterocycles. The van der Waals surface area contributed by atoms with Crippen molar-refractivity contribution in [2.75, 3.05) is 27.4 Å². The molecule has 1 unspecified atom stereocenters. The molecule has 96 valence electrons. The van der Waals surface area contributed by atoms with Gasteiger partial charge in [-0.15, -0.1) is 0 Å². The number of ether oxygens (including phenoxy) is 2. The van der Waals surface area contributed by atoms with Gasteiger partial charge in [-0.2, -0.15) is 0 Å². The molecule has 0 aliphatic carbocycles. The lowest BCUT2D eigenvalue weighted by molar-refractivity contribution is 0.166. The summed E-state index contributed by atoms with van der Waals surface area (Å²) in [6.07, 6.45) is 0.839. The molecule has 0 amide bonds. The molecule has 0 aliphatic heterocycles. The Labute approximate surface area is 108 Å². The number of rotatable bonds is 7. The van der Waals surface area contributed by atoms with Crippen molar-refractivity contribution in [3.8, 4) is 5.75 Å². The van der Waals surface area contributed by atoms with Gasteiger partial charge in [0, 0.05) is 18.2 Å². The summed E-state index contributed by atoms with van der Waals surface area (Å²) >= 11 is 6.00. The Kier molecular flexibility index (Phi) is 6.34. The minimum Gasteiger partial charge on any atom is -0.496 e. The minimum atomic E-state index is 0.275. The Hall–Kier alpha value is -0.770. The Morgan fingerprint density at radius 1 is 1.35 bits per heavy atom. The van der Waals surface area contributed by atoms with Gasteiger partial charge >= 0.3 is 0 Å². The van der Waals surface area contributed by atoms with Crippen LogP contribution < -0.4 is 10.1 Å². The van der Waals surface area contributed by atoms with Crippen LogP contribution >= 0.6 is 11.6 Å². The van der Waals surface area contributed by atoms with Gasteiger partial charge in [0.15, 0.2) is 0 Å². The lowest BCUT2D eigenvalue weighted by Crippen LogP contribution is -2.35. The third kappa shape index (κ3) is 4.54. The van der Waals surface area contributed by atoms with Gasteiger partial charge in [0.05, 0.1) is 13.7 Å². The van der Waals surface area contributed by atoms with E-state index in [1.807, 2.05) is 18.2 Å². The molecule has 0 spiro atoms. The van der Waals surface area contributed by atoms with Crippen LogP contribution in [0.3, 0.4) is 0 Å². The average Bonchev–Trinajstić information content (AvgIpc) is 2.30. The lowest BCUT2D eigenvalue weighted by atomic mass is 10.1. The summed E-state index contributed by atoms with van der Waals surface area (Å²) in [6.45, 7) is 3.66. The zero-order valence-corrected chi connectivity index (χ0v) is 11.4. The quantitative estimate of drug-likeness (QED) is 0.814. The van der Waals surface area contributed by atoms with E-state index in [4.69, 9.17) is 21.1 Å². The van der Waals surface area contributed by atoms with Crippen LogP contribution in [0.2, 0.25) is 5.02 Å². The first-order chi connectivity index (χ1) is 8.21. The highest BCUT2D eigenvalue weighted by atomic mass is 35.5. The zero-order valence-electron chi connectivity index (χ0n) is 10.6. The Bertz CT molecular complexity index is 338. The topological polar surface area (TPSA) is 30.5 Å². The molecule has 1 aromatic rings. The van der Waals surface area contributed by atoms with Gasteiger partial charge in [-0.3, -0.25) is 0 Å². The third-order valence-corrected chi connectivity index (χ3v) is 2.80. The molecule has 1 N–H and O–H groups in total. The molecule has 1 rings (SSSR count). The first-order valence-corrected chi connectivity index (χ1v) is 6.13. The second-order valence-electron chi connectivity index (χ2n) is 3.87. The number of benzene rings is 1. The molecule has 3 nitrogen and oxygen atoms in total. The van der Waals surface area contributed by atoms with Crippen LogP contribution in [-0.4, -0.2) is 33.4 Å². The molecule has 4 heteroatoms. The van der Waals surface area contributed by atoms with E-state index >= 15 is 0 Å². The molecule has 0 radical (unpaired) electrons. The van der Waals surface area contributed by atoms with Gasteiger partial charge < -0.3 is 14.8 Å². The lowest BCUT2D eigenvalue weighted by Gasteiger charge is -2.18. The van der Waals surface area contributed by atoms with Crippen LogP contribution in [0.4, 0.5) is 0 Å². The fourth-order valence-electron chi connectivity index (χ4n) is 1.85. The normalized spacial score (nSPS) is 12.5. The van der Waals surface area contributed by atoms with Crippen molar-refractivity contribution < 1.29 is 9.47 Å². The Balaban J connectivity index is 2.79. The van der Waals surface area contributed by atoms with E-state index in [0.29, 0.717) is 6.61 Å². The van der Waals surface area contributed by atoms with Crippen LogP contribution in [0.25, 0.3) is 0 Å². The van der Waals surface area contributed by atoms with Crippen LogP contribution in [0, 0.1) is 0 Å². The van der Waals surface area contributed by atoms with Crippen molar-refractivity contribution in [3.05, 3.63) is 28.8 Å². The predicted molar refractivity (Wildman–Crippen MR) is 71.0 cm³/mol. The highest BCUT2D eigenvalue weighted by Crippen LogP contribution is 2.23. The largest absolute Gasteiger partial charge is 0.496 e. The zero-order chi connectivity index (χ0) is 12.7. The first kappa shape index (κ1) is 14.3. The maximum absolute atomic E-state index is 6.00. The van der Waals surface area contributed by atoms with Crippen molar-refractivity contribution in [2.45, 2.75) is 19.4 Å². The van der Waals surface area contributed by atoms with Gasteiger partial charge in [-0.25, -0.2) is 0 Å². The fraction of sp³-hybridized carbons (Fsp3) is 0.538. The second-order valence-corrected chi connectivity index (χ2v) is 4.31. The van der Waals surface area contributed by atoms with Crippen molar-refractivity contribution in [1.82, 2.24) is 5.32 Å². The van der Waals surface area contributed by atoms with Gasteiger partial charge in [-0.05, 0) is 36.7 Å². The maximum atomic E-state index is 6.00. The standard InChI is InChI=1S/C13H20ClNO2/c1-4-15-12(9-16-2)8-10-7-11(14)5-6-13(10)17-3/h5-7,12,15H,4,8-9H2,1-3H3. The molecule has 17 heavy (non-hydrogen) atoms. The van der Waals surface area contributed by atoms with E-state index in [1.54, 1.807) is 14.2 Å². The van der Waals surface area contributed by atoms with Crippen LogP contribution in [0.5, 0.6) is 5.75 Å². The summed E-state index contributed by atoms with van der Waals surface area (Å²) in [5.41, 5.74) is 1.10. The molecule has 0 heterocycles. The summed E-state index contributed by atoms with van der Waals surface area (Å²) in [6, 6.07) is 5.95. The van der Waals surface area contributed by atoms with Gasteiger partial charge in [0.2, 0.25) is 0 Å². The van der Waals surface area contributed by atoms with E-state index in [2.05, 4.69) is 12.2 Å². The predicted octanol–water partition coefficient (Wildman–Crippen LogP) is 2.52. The molecule has 1 aromatic carbocycles. The molecule has 1 atom stereocenters. The summed E-state index contributed by atoms with van der Waals surface area (Å²) in [7, 11) is 3.38. The smallest absolute Gasteiger partial charge is 0.122 e. The minimum absolute atomic E-state index is 0.275. The monoisotopic (exact) mass is 257 g/mol. The van der Waals surface area contributed by atoms with Crippen LogP contribution in [-0.2, 0) is 11.2 Å². The number of halogens is 1. The van der Waals surface area contributed by atoms with E-state index in [9.17, 15) is 0 Å². The number of hydrogen-bond donors (Lipinski definition) is 1. The molecule has 0 fully saturated rings. The fourth-order valence-corrected chi connectivity index (χ4v) is 2.05. The highest BCUT2D eigenvalue weighted by molar-refractivity contribution is 6.30. The van der Waals surface area contributed by atoms with Gasteiger partial charge in [-0.1, -0.05) is 18.5 Å². The maximum Gasteiger partial charge on any atom is 0.122 e. The van der Waals surface area contributed by atoms with Crippen molar-refractivity contribution in [2.24, 2.45) is 0 Å². The van der Waals surface area contributed by atoms with E-state index < -0.39 is 0 Å². The number of likely N-dealkylation sites (N-methyl/N-ethyl adjacent to an activating group) is 1. The molecular formula is C13H20ClNO2. The number of nitrogens with one attached hydrogen (secondary N) is 1. The van der Waals surface area contributed by atoms with Gasteiger partial charge in [0.25, 0.3) is 0 Å². The first-order valence-electron chi connectivity index (χ1n) is 5.76. The summed E-state index contributed by atoms with van der Waals surface area (Å²) in [4.78, 5) is 0. The van der Waals surface area contributed by atoms with E-state index in [0.717, 1.165) is 29.3 Å². The van der Waals surface area contributed by atoms with E-state index in [1.165, 1.54) is 0 Å². The third-order valence-electron chi connectivity index (χ3n) is 2.57. The summed E-state index contributed by atoms with van der Waals surface area (Å²) in [5.74, 6) is 0.869. The van der Waals surface area contributed by atoms with Crippen molar-refractivity contribution in [1.29, 1.82) is 0 Å². The Morgan fingerprint density at radius 3 is 2.71 bits per heavy atom. The summed E-state index contributed by atoms with van der Waals surface area (Å²) in [5, 5.41) is 4.11. The summed E-state index contributed by atoms with van der Waals surface area (Å²) < 4.78 is 10.5. The average molecular weight is 258 g/mol. The van der Waals surface area contributed by atoms with Gasteiger partial charge in [0.1, 0.15) is 5.75 Å². The second kappa shape index (κ2) is 7.54. The molecule has 0 saturated carbocycles. The number of methoxy groups -OCH3 is 2. The Morgan fingerprint density at radius 2 is 2.12 bits per heavy atom.